The van der Waals surface area contributed by atoms with Crippen molar-refractivity contribution < 1.29 is 9.21 Å². The Hall–Kier alpha value is -3.31. The van der Waals surface area contributed by atoms with Gasteiger partial charge in [0.2, 0.25) is 4.96 Å². The van der Waals surface area contributed by atoms with Gasteiger partial charge in [0.15, 0.2) is 16.7 Å². The fraction of sp³-hybridized carbons (Fsp3) is 0.125. The molecule has 0 saturated carbocycles. The van der Waals surface area contributed by atoms with E-state index in [2.05, 4.69) is 25.9 Å². The highest BCUT2D eigenvalue weighted by Crippen LogP contribution is 2.32. The molecule has 0 radical (unpaired) electrons. The molecule has 0 bridgehead atoms. The van der Waals surface area contributed by atoms with Gasteiger partial charge < -0.3 is 9.73 Å². The molecular weight excluding hydrogens is 539 g/mol. The number of aromatic nitrogens is 4. The maximum atomic E-state index is 12.6. The lowest BCUT2D eigenvalue weighted by Gasteiger charge is -2.09. The summed E-state index contributed by atoms with van der Waals surface area (Å²) < 4.78 is 7.44. The average Bonchev–Trinajstić information content (AvgIpc) is 3.61. The van der Waals surface area contributed by atoms with E-state index in [4.69, 9.17) is 39.8 Å². The molecule has 0 spiro atoms. The Morgan fingerprint density at radius 2 is 1.92 bits per heavy atom. The van der Waals surface area contributed by atoms with Crippen molar-refractivity contribution >= 4 is 62.7 Å². The highest BCUT2D eigenvalue weighted by atomic mass is 35.5. The van der Waals surface area contributed by atoms with Gasteiger partial charge in [-0.15, -0.1) is 10.2 Å². The minimum Gasteiger partial charge on any atom is -0.451 e. The summed E-state index contributed by atoms with van der Waals surface area (Å²) in [5.74, 6) is 0.901. The van der Waals surface area contributed by atoms with E-state index < -0.39 is 5.91 Å². The van der Waals surface area contributed by atoms with Gasteiger partial charge in [-0.1, -0.05) is 65.7 Å². The molecule has 2 aromatic carbocycles. The number of amides is 1. The Kier molecular flexibility index (Phi) is 7.01. The minimum absolute atomic E-state index is 0.103. The summed E-state index contributed by atoms with van der Waals surface area (Å²) in [6, 6.07) is 16.2. The van der Waals surface area contributed by atoms with E-state index >= 15 is 0 Å². The fourth-order valence-corrected chi connectivity index (χ4v) is 4.85. The normalized spacial score (nSPS) is 11.1. The zero-order chi connectivity index (χ0) is 25.2. The van der Waals surface area contributed by atoms with Gasteiger partial charge in [-0.25, -0.2) is 0 Å². The average molecular weight is 557 g/mol. The first-order valence-electron chi connectivity index (χ1n) is 10.9. The Labute approximate surface area is 225 Å². The summed E-state index contributed by atoms with van der Waals surface area (Å²) in [5.41, 5.74) is 2.57. The van der Waals surface area contributed by atoms with Crippen molar-refractivity contribution in [2.24, 2.45) is 0 Å². The fourth-order valence-electron chi connectivity index (χ4n) is 3.44. The van der Waals surface area contributed by atoms with E-state index in [-0.39, 0.29) is 10.9 Å². The van der Waals surface area contributed by atoms with E-state index in [1.54, 1.807) is 34.8 Å². The van der Waals surface area contributed by atoms with Crippen LogP contribution in [-0.4, -0.2) is 30.8 Å². The summed E-state index contributed by atoms with van der Waals surface area (Å²) in [5, 5.41) is 20.6. The summed E-state index contributed by atoms with van der Waals surface area (Å²) in [4.78, 5) is 13.3. The van der Waals surface area contributed by atoms with Crippen LogP contribution in [0.15, 0.2) is 59.0 Å². The summed E-state index contributed by atoms with van der Waals surface area (Å²) >= 11 is 19.0. The van der Waals surface area contributed by atoms with Crippen molar-refractivity contribution in [2.45, 2.75) is 19.9 Å². The monoisotopic (exact) mass is 556 g/mol. The molecule has 0 aliphatic rings. The van der Waals surface area contributed by atoms with Crippen LogP contribution in [0.2, 0.25) is 10.0 Å². The van der Waals surface area contributed by atoms with Crippen LogP contribution in [0.4, 0.5) is 0 Å². The molecule has 0 atom stereocenters. The number of rotatable bonds is 6. The van der Waals surface area contributed by atoms with Gasteiger partial charge in [0, 0.05) is 29.1 Å². The summed E-state index contributed by atoms with van der Waals surface area (Å²) in [6.45, 7) is 2.46. The number of halogens is 2. The predicted molar refractivity (Wildman–Crippen MR) is 145 cm³/mol. The maximum Gasteiger partial charge on any atom is 0.293 e. The molecule has 8 nitrogen and oxygen atoms in total. The molecule has 36 heavy (non-hydrogen) atoms. The first-order valence-corrected chi connectivity index (χ1v) is 12.8. The number of aryl methyl sites for hydroxylation is 1. The van der Waals surface area contributed by atoms with Crippen molar-refractivity contribution in [3.63, 3.8) is 0 Å². The van der Waals surface area contributed by atoms with Gasteiger partial charge >= 0.3 is 0 Å². The highest BCUT2D eigenvalue weighted by molar-refractivity contribution is 7.80. The van der Waals surface area contributed by atoms with Crippen LogP contribution in [0.3, 0.4) is 0 Å². The lowest BCUT2D eigenvalue weighted by atomic mass is 10.1. The standard InChI is InChI=1S/C24H18Cl2N6O2S2/c1-2-20-29-30-24-32(20)31-22(36-24)14-5-3-13(4-6-14)12-27-23(35)28-21(33)19-10-9-18(34-19)16-11-15(25)7-8-17(16)26/h3-11H,2,12H2,1H3,(H2,27,28,33,35). The summed E-state index contributed by atoms with van der Waals surface area (Å²) in [6.07, 6.45) is 0.767. The zero-order valence-corrected chi connectivity index (χ0v) is 21.9. The lowest BCUT2D eigenvalue weighted by molar-refractivity contribution is 0.0950. The predicted octanol–water partition coefficient (Wildman–Crippen LogP) is 5.79. The van der Waals surface area contributed by atoms with Gasteiger partial charge in [0.05, 0.1) is 5.02 Å². The van der Waals surface area contributed by atoms with Crippen molar-refractivity contribution in [3.8, 4) is 21.9 Å². The molecule has 12 heteroatoms. The SMILES string of the molecule is CCc1nnc2sc(-c3ccc(CNC(=S)NC(=O)c4ccc(-c5cc(Cl)ccc5Cl)o4)cc3)nn12. The number of hydrogen-bond donors (Lipinski definition) is 2. The molecule has 3 heterocycles. The third kappa shape index (κ3) is 5.12. The molecule has 182 valence electrons. The number of carbonyl (C=O) groups is 1. The van der Waals surface area contributed by atoms with Crippen LogP contribution in [-0.2, 0) is 13.0 Å². The largest absolute Gasteiger partial charge is 0.451 e. The second-order valence-electron chi connectivity index (χ2n) is 7.69. The number of fused-ring (bicyclic) bond motifs is 1. The molecule has 0 aliphatic heterocycles. The molecule has 2 N–H and O–H groups in total. The number of thiocarbonyl (C=S) groups is 1. The van der Waals surface area contributed by atoms with Crippen molar-refractivity contribution in [1.29, 1.82) is 0 Å². The van der Waals surface area contributed by atoms with Gasteiger partial charge in [0.25, 0.3) is 5.91 Å². The van der Waals surface area contributed by atoms with Crippen molar-refractivity contribution in [1.82, 2.24) is 30.4 Å². The number of furan rings is 1. The molecule has 3 aromatic heterocycles. The Morgan fingerprint density at radius 3 is 2.69 bits per heavy atom. The zero-order valence-electron chi connectivity index (χ0n) is 18.8. The van der Waals surface area contributed by atoms with Crippen LogP contribution in [0.1, 0.15) is 28.9 Å². The molecule has 5 rings (SSSR count). The van der Waals surface area contributed by atoms with Crippen molar-refractivity contribution in [2.75, 3.05) is 0 Å². The van der Waals surface area contributed by atoms with Gasteiger partial charge in [-0.05, 0) is 48.1 Å². The van der Waals surface area contributed by atoms with Crippen molar-refractivity contribution in [3.05, 3.63) is 81.8 Å². The molecule has 0 unspecified atom stereocenters. The Morgan fingerprint density at radius 1 is 1.11 bits per heavy atom. The Balaban J connectivity index is 1.17. The lowest BCUT2D eigenvalue weighted by Crippen LogP contribution is -2.38. The highest BCUT2D eigenvalue weighted by Gasteiger charge is 2.16. The van der Waals surface area contributed by atoms with E-state index in [1.807, 2.05) is 31.2 Å². The Bertz CT molecular complexity index is 1580. The molecule has 0 saturated heterocycles. The van der Waals surface area contributed by atoms with Gasteiger partial charge in [0.1, 0.15) is 10.8 Å². The second kappa shape index (κ2) is 10.4. The van der Waals surface area contributed by atoms with E-state index in [1.165, 1.54) is 11.3 Å². The summed E-state index contributed by atoms with van der Waals surface area (Å²) in [7, 11) is 0. The van der Waals surface area contributed by atoms with E-state index in [9.17, 15) is 4.79 Å². The number of benzene rings is 2. The smallest absolute Gasteiger partial charge is 0.293 e. The molecule has 0 fully saturated rings. The van der Waals surface area contributed by atoms with Crippen LogP contribution in [0, 0.1) is 0 Å². The van der Waals surface area contributed by atoms with Gasteiger partial charge in [-0.3, -0.25) is 10.1 Å². The minimum atomic E-state index is -0.470. The molecule has 5 aromatic rings. The number of nitrogens with one attached hydrogen (secondary N) is 2. The number of hydrogen-bond acceptors (Lipinski definition) is 7. The first-order chi connectivity index (χ1) is 17.4. The van der Waals surface area contributed by atoms with Crippen LogP contribution in [0.25, 0.3) is 26.9 Å². The third-order valence-corrected chi connectivity index (χ3v) is 7.04. The molecular formula is C24H18Cl2N6O2S2. The topological polar surface area (TPSA) is 97.3 Å². The molecule has 0 aliphatic carbocycles. The van der Waals surface area contributed by atoms with Crippen LogP contribution >= 0.6 is 46.8 Å². The third-order valence-electron chi connectivity index (χ3n) is 5.28. The first kappa shape index (κ1) is 24.4. The number of nitrogens with zero attached hydrogens (tertiary/aromatic N) is 4. The maximum absolute atomic E-state index is 12.6. The van der Waals surface area contributed by atoms with Crippen LogP contribution in [0.5, 0.6) is 0 Å². The second-order valence-corrected chi connectivity index (χ2v) is 9.90. The molecule has 1 amide bonds. The number of carbonyl (C=O) groups excluding carboxylic acids is 1. The quantitative estimate of drug-likeness (QED) is 0.255. The van der Waals surface area contributed by atoms with E-state index in [0.29, 0.717) is 27.9 Å². The van der Waals surface area contributed by atoms with Gasteiger partial charge in [-0.2, -0.15) is 9.61 Å². The van der Waals surface area contributed by atoms with Crippen LogP contribution < -0.4 is 10.6 Å². The van der Waals surface area contributed by atoms with E-state index in [0.717, 1.165) is 33.3 Å².